The van der Waals surface area contributed by atoms with Crippen LogP contribution in [-0.2, 0) is 0 Å². The number of aromatic nitrogens is 3. The Hall–Kier alpha value is -4.58. The lowest BCUT2D eigenvalue weighted by molar-refractivity contribution is 0.0941. The lowest BCUT2D eigenvalue weighted by atomic mass is 10.0. The van der Waals surface area contributed by atoms with Crippen LogP contribution in [0.3, 0.4) is 0 Å². The second kappa shape index (κ2) is 9.35. The summed E-state index contributed by atoms with van der Waals surface area (Å²) in [5.41, 5.74) is 5.28. The summed E-state index contributed by atoms with van der Waals surface area (Å²) in [5.74, 6) is -0.397. The molecule has 172 valence electrons. The van der Waals surface area contributed by atoms with E-state index in [1.807, 2.05) is 56.4 Å². The van der Waals surface area contributed by atoms with Gasteiger partial charge in [0.15, 0.2) is 0 Å². The maximum atomic E-state index is 13.1. The topological polar surface area (TPSA) is 76.9 Å². The number of rotatable bonds is 5. The highest BCUT2D eigenvalue weighted by atomic mass is 16.2. The molecule has 0 aliphatic carbocycles. The van der Waals surface area contributed by atoms with Gasteiger partial charge < -0.3 is 9.88 Å². The van der Waals surface area contributed by atoms with Crippen molar-refractivity contribution in [1.82, 2.24) is 19.9 Å². The highest BCUT2D eigenvalue weighted by molar-refractivity contribution is 5.97. The molecule has 0 aliphatic rings. The van der Waals surface area contributed by atoms with Crippen molar-refractivity contribution in [2.75, 3.05) is 0 Å². The highest BCUT2D eigenvalue weighted by Gasteiger charge is 2.17. The fraction of sp³-hybridized carbons (Fsp3) is 0.103. The van der Waals surface area contributed by atoms with Crippen molar-refractivity contribution >= 4 is 16.9 Å². The average molecular weight is 461 g/mol. The maximum Gasteiger partial charge on any atom is 0.256 e. The number of carbonyl (C=O) groups excluding carboxylic acids is 1. The molecule has 0 unspecified atom stereocenters. The van der Waals surface area contributed by atoms with Gasteiger partial charge in [-0.15, -0.1) is 0 Å². The van der Waals surface area contributed by atoms with E-state index in [4.69, 9.17) is 0 Å². The van der Waals surface area contributed by atoms with Gasteiger partial charge in [-0.25, -0.2) is 4.98 Å². The molecule has 3 heterocycles. The lowest BCUT2D eigenvalue weighted by Crippen LogP contribution is -2.34. The predicted octanol–water partition coefficient (Wildman–Crippen LogP) is 5.25. The fourth-order valence-electron chi connectivity index (χ4n) is 4.08. The molecule has 0 saturated carbocycles. The molecule has 1 N–H and O–H groups in total. The van der Waals surface area contributed by atoms with E-state index < -0.39 is 5.91 Å². The van der Waals surface area contributed by atoms with Gasteiger partial charge in [-0.1, -0.05) is 42.5 Å². The van der Waals surface area contributed by atoms with Gasteiger partial charge in [-0.2, -0.15) is 0 Å². The molecular weight excluding hydrogens is 436 g/mol. The smallest absolute Gasteiger partial charge is 0.256 e. The SMILES string of the molecule is CC(C)NC(=O)c1cn(-c2cccc(-c3ccc(-c4cccnc4)cc3)c2)c2ncccc2c1=O. The molecule has 0 fully saturated rings. The molecule has 0 bridgehead atoms. The van der Waals surface area contributed by atoms with Gasteiger partial charge in [0, 0.05) is 36.5 Å². The van der Waals surface area contributed by atoms with E-state index in [1.54, 1.807) is 35.3 Å². The quantitative estimate of drug-likeness (QED) is 0.389. The monoisotopic (exact) mass is 460 g/mol. The van der Waals surface area contributed by atoms with Gasteiger partial charge in [0.05, 0.1) is 5.39 Å². The first kappa shape index (κ1) is 22.2. The number of fused-ring (bicyclic) bond motifs is 1. The standard InChI is InChI=1S/C29H24N4O2/c1-19(2)32-29(35)26-18-33(28-25(27(26)34)9-5-15-31-28)24-8-3-6-22(16-24)20-10-12-21(13-11-20)23-7-4-14-30-17-23/h3-19H,1-2H3,(H,32,35). The van der Waals surface area contributed by atoms with Crippen LogP contribution in [0.1, 0.15) is 24.2 Å². The zero-order valence-corrected chi connectivity index (χ0v) is 19.5. The number of carbonyl (C=O) groups is 1. The van der Waals surface area contributed by atoms with Crippen molar-refractivity contribution in [3.63, 3.8) is 0 Å². The van der Waals surface area contributed by atoms with E-state index >= 15 is 0 Å². The molecule has 0 radical (unpaired) electrons. The van der Waals surface area contributed by atoms with Crippen LogP contribution >= 0.6 is 0 Å². The Bertz CT molecular complexity index is 1570. The van der Waals surface area contributed by atoms with Crippen LogP contribution in [0, 0.1) is 0 Å². The molecule has 6 nitrogen and oxygen atoms in total. The Labute approximate surface area is 202 Å². The molecule has 5 aromatic rings. The molecule has 35 heavy (non-hydrogen) atoms. The summed E-state index contributed by atoms with van der Waals surface area (Å²) in [6.45, 7) is 3.73. The molecule has 5 rings (SSSR count). The van der Waals surface area contributed by atoms with Crippen molar-refractivity contribution in [1.29, 1.82) is 0 Å². The van der Waals surface area contributed by atoms with E-state index in [0.29, 0.717) is 11.0 Å². The average Bonchev–Trinajstić information content (AvgIpc) is 2.89. The lowest BCUT2D eigenvalue weighted by Gasteiger charge is -2.15. The molecule has 0 spiro atoms. The zero-order valence-electron chi connectivity index (χ0n) is 19.5. The third-order valence-corrected chi connectivity index (χ3v) is 5.76. The van der Waals surface area contributed by atoms with Gasteiger partial charge in [-0.05, 0) is 66.4 Å². The van der Waals surface area contributed by atoms with Crippen LogP contribution in [0.2, 0.25) is 0 Å². The second-order valence-corrected chi connectivity index (χ2v) is 8.61. The zero-order chi connectivity index (χ0) is 24.4. The van der Waals surface area contributed by atoms with Crippen LogP contribution in [0.5, 0.6) is 0 Å². The minimum Gasteiger partial charge on any atom is -0.350 e. The second-order valence-electron chi connectivity index (χ2n) is 8.61. The molecule has 6 heteroatoms. The molecule has 1 amide bonds. The third-order valence-electron chi connectivity index (χ3n) is 5.76. The predicted molar refractivity (Wildman–Crippen MR) is 139 cm³/mol. The summed E-state index contributed by atoms with van der Waals surface area (Å²) in [5, 5.41) is 3.22. The van der Waals surface area contributed by atoms with Gasteiger partial charge in [-0.3, -0.25) is 14.6 Å². The number of nitrogens with zero attached hydrogens (tertiary/aromatic N) is 3. The van der Waals surface area contributed by atoms with E-state index in [2.05, 4.69) is 39.6 Å². The summed E-state index contributed by atoms with van der Waals surface area (Å²) in [6, 6.07) is 23.5. The van der Waals surface area contributed by atoms with Gasteiger partial charge in [0.2, 0.25) is 5.43 Å². The normalized spacial score (nSPS) is 11.1. The minimum atomic E-state index is -0.397. The number of amides is 1. The first-order valence-electron chi connectivity index (χ1n) is 11.4. The first-order chi connectivity index (χ1) is 17.0. The van der Waals surface area contributed by atoms with Crippen molar-refractivity contribution in [3.05, 3.63) is 113 Å². The summed E-state index contributed by atoms with van der Waals surface area (Å²) < 4.78 is 1.81. The summed E-state index contributed by atoms with van der Waals surface area (Å²) in [6.07, 6.45) is 6.83. The third kappa shape index (κ3) is 4.46. The number of hydrogen-bond donors (Lipinski definition) is 1. The Morgan fingerprint density at radius 2 is 1.57 bits per heavy atom. The maximum absolute atomic E-state index is 13.1. The Balaban J connectivity index is 1.59. The van der Waals surface area contributed by atoms with Gasteiger partial charge in [0.25, 0.3) is 5.91 Å². The summed E-state index contributed by atoms with van der Waals surface area (Å²) >= 11 is 0. The Morgan fingerprint density at radius 1 is 0.857 bits per heavy atom. The van der Waals surface area contributed by atoms with E-state index in [-0.39, 0.29) is 17.0 Å². The number of benzene rings is 2. The molecule has 0 saturated heterocycles. The van der Waals surface area contributed by atoms with E-state index in [9.17, 15) is 9.59 Å². The Morgan fingerprint density at radius 3 is 2.29 bits per heavy atom. The molecule has 0 atom stereocenters. The van der Waals surface area contributed by atoms with Crippen LogP contribution in [-0.4, -0.2) is 26.5 Å². The Kier molecular flexibility index (Phi) is 5.94. The van der Waals surface area contributed by atoms with Crippen molar-refractivity contribution in [2.45, 2.75) is 19.9 Å². The molecule has 2 aromatic carbocycles. The van der Waals surface area contributed by atoms with Crippen molar-refractivity contribution in [2.24, 2.45) is 0 Å². The van der Waals surface area contributed by atoms with Crippen molar-refractivity contribution < 1.29 is 4.79 Å². The largest absolute Gasteiger partial charge is 0.350 e. The molecular formula is C29H24N4O2. The summed E-state index contributed by atoms with van der Waals surface area (Å²) in [7, 11) is 0. The van der Waals surface area contributed by atoms with E-state index in [1.165, 1.54) is 0 Å². The number of hydrogen-bond acceptors (Lipinski definition) is 4. The first-order valence-corrected chi connectivity index (χ1v) is 11.4. The van der Waals surface area contributed by atoms with E-state index in [0.717, 1.165) is 27.9 Å². The van der Waals surface area contributed by atoms with Gasteiger partial charge in [0.1, 0.15) is 11.2 Å². The summed E-state index contributed by atoms with van der Waals surface area (Å²) in [4.78, 5) is 34.5. The van der Waals surface area contributed by atoms with Crippen molar-refractivity contribution in [3.8, 4) is 27.9 Å². The number of pyridine rings is 3. The highest BCUT2D eigenvalue weighted by Crippen LogP contribution is 2.27. The van der Waals surface area contributed by atoms with Crippen LogP contribution < -0.4 is 10.7 Å². The van der Waals surface area contributed by atoms with Crippen LogP contribution in [0.15, 0.2) is 102 Å². The molecule has 3 aromatic heterocycles. The molecule has 0 aliphatic heterocycles. The number of nitrogens with one attached hydrogen (secondary N) is 1. The van der Waals surface area contributed by atoms with Gasteiger partial charge >= 0.3 is 0 Å². The minimum absolute atomic E-state index is 0.0853. The fourth-order valence-corrected chi connectivity index (χ4v) is 4.08. The van der Waals surface area contributed by atoms with Crippen LogP contribution in [0.25, 0.3) is 39.0 Å². The van der Waals surface area contributed by atoms with Crippen LogP contribution in [0.4, 0.5) is 0 Å².